The van der Waals surface area contributed by atoms with E-state index in [0.717, 1.165) is 25.1 Å². The van der Waals surface area contributed by atoms with Crippen molar-refractivity contribution in [3.05, 3.63) is 41.7 Å². The van der Waals surface area contributed by atoms with Gasteiger partial charge in [-0.15, -0.1) is 6.58 Å². The van der Waals surface area contributed by atoms with Crippen molar-refractivity contribution in [2.24, 2.45) is 0 Å². The van der Waals surface area contributed by atoms with Crippen LogP contribution in [0, 0.1) is 13.8 Å². The summed E-state index contributed by atoms with van der Waals surface area (Å²) in [5.41, 5.74) is 3.63. The van der Waals surface area contributed by atoms with E-state index in [0.29, 0.717) is 6.04 Å². The zero-order valence-electron chi connectivity index (χ0n) is 10.6. The summed E-state index contributed by atoms with van der Waals surface area (Å²) in [5, 5.41) is 3.51. The molecule has 0 aliphatic heterocycles. The van der Waals surface area contributed by atoms with Crippen LogP contribution in [0.25, 0.3) is 0 Å². The molecule has 0 bridgehead atoms. The molecule has 0 saturated carbocycles. The zero-order chi connectivity index (χ0) is 12.0. The first-order valence-electron chi connectivity index (χ1n) is 5.96. The first kappa shape index (κ1) is 12.9. The summed E-state index contributed by atoms with van der Waals surface area (Å²) in [6, 6.07) is 2.49. The molecule has 1 rings (SSSR count). The van der Waals surface area contributed by atoms with Gasteiger partial charge in [-0.1, -0.05) is 19.1 Å². The van der Waals surface area contributed by atoms with Gasteiger partial charge in [0.25, 0.3) is 0 Å². The zero-order valence-corrected chi connectivity index (χ0v) is 10.6. The third kappa shape index (κ3) is 3.46. The largest absolute Gasteiger partial charge is 0.308 e. The van der Waals surface area contributed by atoms with Gasteiger partial charge < -0.3 is 5.32 Å². The van der Waals surface area contributed by atoms with E-state index in [1.54, 1.807) is 0 Å². The number of nitrogens with one attached hydrogen (secondary N) is 1. The lowest BCUT2D eigenvalue weighted by atomic mass is 10.0. The topological polar surface area (TPSA) is 24.9 Å². The second-order valence-corrected chi connectivity index (χ2v) is 4.25. The molecule has 1 atom stereocenters. The smallest absolute Gasteiger partial charge is 0.0605 e. The van der Waals surface area contributed by atoms with Crippen molar-refractivity contribution in [1.82, 2.24) is 10.3 Å². The fraction of sp³-hybridized carbons (Fsp3) is 0.500. The van der Waals surface area contributed by atoms with Crippen LogP contribution in [0.2, 0.25) is 0 Å². The Bertz CT molecular complexity index is 345. The molecule has 1 aromatic heterocycles. The Hall–Kier alpha value is -1.15. The van der Waals surface area contributed by atoms with Crippen molar-refractivity contribution in [2.45, 2.75) is 39.7 Å². The van der Waals surface area contributed by atoms with Crippen LogP contribution in [-0.2, 0) is 0 Å². The highest BCUT2D eigenvalue weighted by Gasteiger charge is 2.12. The lowest BCUT2D eigenvalue weighted by molar-refractivity contribution is 0.523. The molecule has 1 heterocycles. The average molecular weight is 218 g/mol. The van der Waals surface area contributed by atoms with E-state index in [2.05, 4.69) is 43.7 Å². The predicted molar refractivity (Wildman–Crippen MR) is 69.6 cm³/mol. The molecule has 0 fully saturated rings. The molecule has 1 unspecified atom stereocenters. The summed E-state index contributed by atoms with van der Waals surface area (Å²) in [5.74, 6) is 0. The molecule has 0 aliphatic carbocycles. The fourth-order valence-electron chi connectivity index (χ4n) is 1.87. The Morgan fingerprint density at radius 1 is 1.50 bits per heavy atom. The molecular formula is C14H22N2. The normalized spacial score (nSPS) is 12.4. The summed E-state index contributed by atoms with van der Waals surface area (Å²) >= 11 is 0. The number of aryl methyl sites for hydroxylation is 2. The second-order valence-electron chi connectivity index (χ2n) is 4.25. The first-order chi connectivity index (χ1) is 7.69. The van der Waals surface area contributed by atoms with E-state index >= 15 is 0 Å². The molecule has 16 heavy (non-hydrogen) atoms. The average Bonchev–Trinajstić information content (AvgIpc) is 2.25. The van der Waals surface area contributed by atoms with Crippen molar-refractivity contribution >= 4 is 0 Å². The van der Waals surface area contributed by atoms with E-state index in [4.69, 9.17) is 0 Å². The van der Waals surface area contributed by atoms with Gasteiger partial charge in [0.1, 0.15) is 0 Å². The molecule has 0 aliphatic rings. The molecule has 0 radical (unpaired) electrons. The Morgan fingerprint density at radius 3 is 2.81 bits per heavy atom. The predicted octanol–water partition coefficient (Wildman–Crippen LogP) is 3.32. The minimum Gasteiger partial charge on any atom is -0.308 e. The molecule has 2 heteroatoms. The summed E-state index contributed by atoms with van der Waals surface area (Å²) in [6.07, 6.45) is 5.95. The van der Waals surface area contributed by atoms with E-state index < -0.39 is 0 Å². The third-order valence-electron chi connectivity index (χ3n) is 2.63. The van der Waals surface area contributed by atoms with Crippen LogP contribution in [-0.4, -0.2) is 11.5 Å². The molecule has 1 N–H and O–H groups in total. The highest BCUT2D eigenvalue weighted by Crippen LogP contribution is 2.19. The Labute approximate surface area is 98.8 Å². The van der Waals surface area contributed by atoms with Crippen LogP contribution in [0.4, 0.5) is 0 Å². The second kappa shape index (κ2) is 6.44. The lowest BCUT2D eigenvalue weighted by Crippen LogP contribution is -2.23. The summed E-state index contributed by atoms with van der Waals surface area (Å²) in [7, 11) is 0. The van der Waals surface area contributed by atoms with Crippen LogP contribution < -0.4 is 5.32 Å². The number of nitrogens with zero attached hydrogens (tertiary/aromatic N) is 1. The van der Waals surface area contributed by atoms with Gasteiger partial charge in [-0.05, 0) is 44.4 Å². The number of hydrogen-bond donors (Lipinski definition) is 1. The number of rotatable bonds is 6. The molecule has 0 amide bonds. The summed E-state index contributed by atoms with van der Waals surface area (Å²) < 4.78 is 0. The van der Waals surface area contributed by atoms with Crippen LogP contribution in [0.15, 0.2) is 24.9 Å². The highest BCUT2D eigenvalue weighted by atomic mass is 14.9. The van der Waals surface area contributed by atoms with E-state index in [9.17, 15) is 0 Å². The van der Waals surface area contributed by atoms with E-state index in [-0.39, 0.29) is 0 Å². The van der Waals surface area contributed by atoms with Gasteiger partial charge in [0.15, 0.2) is 0 Å². The minimum absolute atomic E-state index is 0.304. The molecule has 2 nitrogen and oxygen atoms in total. The quantitative estimate of drug-likeness (QED) is 0.741. The summed E-state index contributed by atoms with van der Waals surface area (Å²) in [6.45, 7) is 11.2. The number of pyridine rings is 1. The van der Waals surface area contributed by atoms with Crippen molar-refractivity contribution in [3.63, 3.8) is 0 Å². The van der Waals surface area contributed by atoms with Gasteiger partial charge in [0.2, 0.25) is 0 Å². The van der Waals surface area contributed by atoms with Crippen molar-refractivity contribution in [1.29, 1.82) is 0 Å². The SMILES string of the molecule is C=CCC(NCCC)c1ncc(C)cc1C. The maximum atomic E-state index is 4.54. The molecule has 0 saturated heterocycles. The molecule has 1 aromatic rings. The Kier molecular flexibility index (Phi) is 5.20. The van der Waals surface area contributed by atoms with Gasteiger partial charge in [-0.25, -0.2) is 0 Å². The number of aromatic nitrogens is 1. The van der Waals surface area contributed by atoms with Gasteiger partial charge in [0.05, 0.1) is 11.7 Å². The first-order valence-corrected chi connectivity index (χ1v) is 5.96. The van der Waals surface area contributed by atoms with Crippen LogP contribution in [0.5, 0.6) is 0 Å². The van der Waals surface area contributed by atoms with Gasteiger partial charge in [0, 0.05) is 6.20 Å². The maximum absolute atomic E-state index is 4.54. The standard InChI is InChI=1S/C14H22N2/c1-5-7-13(15-8-6-2)14-12(4)9-11(3)10-16-14/h5,9-10,13,15H,1,6-8H2,2-4H3. The molecular weight excluding hydrogens is 196 g/mol. The van der Waals surface area contributed by atoms with Crippen LogP contribution in [0.3, 0.4) is 0 Å². The monoisotopic (exact) mass is 218 g/mol. The van der Waals surface area contributed by atoms with Crippen molar-refractivity contribution in [3.8, 4) is 0 Å². The third-order valence-corrected chi connectivity index (χ3v) is 2.63. The fourth-order valence-corrected chi connectivity index (χ4v) is 1.87. The van der Waals surface area contributed by atoms with Crippen molar-refractivity contribution in [2.75, 3.05) is 6.54 Å². The summed E-state index contributed by atoms with van der Waals surface area (Å²) in [4.78, 5) is 4.54. The van der Waals surface area contributed by atoms with E-state index in [1.165, 1.54) is 11.1 Å². The maximum Gasteiger partial charge on any atom is 0.0605 e. The molecule has 0 aromatic carbocycles. The molecule has 0 spiro atoms. The number of hydrogen-bond acceptors (Lipinski definition) is 2. The van der Waals surface area contributed by atoms with Gasteiger partial charge in [-0.3, -0.25) is 4.98 Å². The van der Waals surface area contributed by atoms with Crippen LogP contribution in [0.1, 0.15) is 42.6 Å². The highest BCUT2D eigenvalue weighted by molar-refractivity contribution is 5.26. The Balaban J connectivity index is 2.86. The minimum atomic E-state index is 0.304. The Morgan fingerprint density at radius 2 is 2.25 bits per heavy atom. The van der Waals surface area contributed by atoms with Crippen LogP contribution >= 0.6 is 0 Å². The van der Waals surface area contributed by atoms with Crippen molar-refractivity contribution < 1.29 is 0 Å². The lowest BCUT2D eigenvalue weighted by Gasteiger charge is -2.18. The van der Waals surface area contributed by atoms with E-state index in [1.807, 2.05) is 12.3 Å². The van der Waals surface area contributed by atoms with Gasteiger partial charge >= 0.3 is 0 Å². The molecule has 88 valence electrons. The van der Waals surface area contributed by atoms with Gasteiger partial charge in [-0.2, -0.15) is 0 Å².